The van der Waals surface area contributed by atoms with E-state index in [1.807, 2.05) is 39.8 Å². The molecule has 2 N–H and O–H groups in total. The number of aryl methyl sites for hydroxylation is 1. The van der Waals surface area contributed by atoms with Crippen molar-refractivity contribution in [2.45, 2.75) is 40.2 Å². The lowest BCUT2D eigenvalue weighted by atomic mass is 10.2. The topological polar surface area (TPSA) is 67.4 Å². The number of nitrogens with one attached hydrogen (secondary N) is 2. The summed E-state index contributed by atoms with van der Waals surface area (Å²) in [7, 11) is 1.49. The molecule has 0 spiro atoms. The van der Waals surface area contributed by atoms with Crippen molar-refractivity contribution in [1.82, 2.24) is 10.4 Å². The van der Waals surface area contributed by atoms with Gasteiger partial charge >= 0.3 is 6.87 Å². The minimum atomic E-state index is -3.19. The molecule has 120 valence electrons. The van der Waals surface area contributed by atoms with Gasteiger partial charge in [-0.3, -0.25) is 4.79 Å². The summed E-state index contributed by atoms with van der Waals surface area (Å²) >= 11 is 5.52. The zero-order valence-electron chi connectivity index (χ0n) is 13.1. The Morgan fingerprint density at radius 1 is 1.33 bits per heavy atom. The molecular formula is C14H24ClN2O3P. The highest BCUT2D eigenvalue weighted by atomic mass is 35.7. The Kier molecular flexibility index (Phi) is 9.34. The predicted molar refractivity (Wildman–Crippen MR) is 87.9 cm³/mol. The fraction of sp³-hybridized carbons (Fsp3) is 0.500. The highest BCUT2D eigenvalue weighted by molar-refractivity contribution is 7.84. The monoisotopic (exact) mass is 334 g/mol. The van der Waals surface area contributed by atoms with Crippen LogP contribution in [-0.4, -0.2) is 19.0 Å². The van der Waals surface area contributed by atoms with E-state index >= 15 is 0 Å². The van der Waals surface area contributed by atoms with Crippen molar-refractivity contribution in [1.29, 1.82) is 0 Å². The van der Waals surface area contributed by atoms with Gasteiger partial charge < -0.3 is 9.84 Å². The summed E-state index contributed by atoms with van der Waals surface area (Å²) in [6.07, 6.45) is 0.582. The van der Waals surface area contributed by atoms with E-state index in [0.29, 0.717) is 12.2 Å². The number of halogens is 1. The summed E-state index contributed by atoms with van der Waals surface area (Å²) in [5, 5.41) is 5.16. The number of rotatable bonds is 5. The maximum Gasteiger partial charge on any atom is 0.408 e. The van der Waals surface area contributed by atoms with Crippen molar-refractivity contribution in [2.24, 2.45) is 0 Å². The molecule has 1 rings (SSSR count). The van der Waals surface area contributed by atoms with Gasteiger partial charge in [-0.1, -0.05) is 24.6 Å². The van der Waals surface area contributed by atoms with Crippen LogP contribution in [0.4, 0.5) is 0 Å². The lowest BCUT2D eigenvalue weighted by Crippen LogP contribution is -2.29. The Balaban J connectivity index is 0.000000433. The molecule has 0 saturated carbocycles. The average Bonchev–Trinajstić information content (AvgIpc) is 2.41. The van der Waals surface area contributed by atoms with Crippen molar-refractivity contribution in [3.63, 3.8) is 0 Å². The second-order valence-electron chi connectivity index (χ2n) is 4.68. The molecule has 0 heterocycles. The number of amides is 1. The number of carbonyl (C=O) groups excluding carboxylic acids is 1. The molecule has 5 nitrogen and oxygen atoms in total. The van der Waals surface area contributed by atoms with Crippen molar-refractivity contribution < 1.29 is 13.9 Å². The van der Waals surface area contributed by atoms with Crippen molar-refractivity contribution in [3.8, 4) is 5.75 Å². The van der Waals surface area contributed by atoms with Crippen LogP contribution in [0.15, 0.2) is 24.3 Å². The van der Waals surface area contributed by atoms with Gasteiger partial charge in [0.25, 0.3) is 0 Å². The van der Waals surface area contributed by atoms with Crippen LogP contribution in [0.5, 0.6) is 5.75 Å². The summed E-state index contributed by atoms with van der Waals surface area (Å²) in [6.45, 7) is 4.52. The fourth-order valence-corrected chi connectivity index (χ4v) is 1.93. The molecule has 0 aliphatic carbocycles. The highest BCUT2D eigenvalue weighted by Gasteiger charge is 2.17. The van der Waals surface area contributed by atoms with Crippen LogP contribution < -0.4 is 14.9 Å². The van der Waals surface area contributed by atoms with Crippen LogP contribution in [0.25, 0.3) is 0 Å². The molecule has 1 amide bonds. The van der Waals surface area contributed by atoms with E-state index in [9.17, 15) is 9.36 Å². The van der Waals surface area contributed by atoms with E-state index in [1.54, 1.807) is 12.1 Å². The molecular weight excluding hydrogens is 311 g/mol. The molecule has 1 aromatic rings. The van der Waals surface area contributed by atoms with E-state index < -0.39 is 6.87 Å². The first-order valence-electron chi connectivity index (χ1n) is 6.74. The largest absolute Gasteiger partial charge is 0.422 e. The third kappa shape index (κ3) is 10.4. The van der Waals surface area contributed by atoms with Gasteiger partial charge in [0.1, 0.15) is 5.75 Å². The Morgan fingerprint density at radius 2 is 1.86 bits per heavy atom. The SMILES string of the molecule is CCC(=O)NC(C)C.CNP(=O)(Cl)Oc1ccc(C)cc1. The summed E-state index contributed by atoms with van der Waals surface area (Å²) in [5.41, 5.74) is 1.11. The molecule has 0 aliphatic heterocycles. The van der Waals surface area contributed by atoms with E-state index in [0.717, 1.165) is 5.56 Å². The highest BCUT2D eigenvalue weighted by Crippen LogP contribution is 2.47. The number of hydrogen-bond acceptors (Lipinski definition) is 3. The Hall–Kier alpha value is -1.03. The first kappa shape index (κ1) is 20.0. The molecule has 0 radical (unpaired) electrons. The maximum atomic E-state index is 11.3. The van der Waals surface area contributed by atoms with E-state index in [-0.39, 0.29) is 11.9 Å². The van der Waals surface area contributed by atoms with Crippen molar-refractivity contribution in [2.75, 3.05) is 7.05 Å². The van der Waals surface area contributed by atoms with Crippen LogP contribution in [0.3, 0.4) is 0 Å². The van der Waals surface area contributed by atoms with Crippen LogP contribution in [0.2, 0.25) is 0 Å². The molecule has 0 saturated heterocycles. The van der Waals surface area contributed by atoms with Crippen LogP contribution in [0, 0.1) is 6.92 Å². The summed E-state index contributed by atoms with van der Waals surface area (Å²) in [6, 6.07) is 7.45. The summed E-state index contributed by atoms with van der Waals surface area (Å²) in [4.78, 5) is 10.5. The Labute approximate surface area is 131 Å². The van der Waals surface area contributed by atoms with Crippen LogP contribution in [-0.2, 0) is 9.36 Å². The lowest BCUT2D eigenvalue weighted by Gasteiger charge is -2.10. The van der Waals surface area contributed by atoms with Crippen molar-refractivity contribution >= 4 is 24.0 Å². The van der Waals surface area contributed by atoms with Gasteiger partial charge in [0, 0.05) is 23.7 Å². The average molecular weight is 335 g/mol. The molecule has 1 atom stereocenters. The molecule has 1 aromatic carbocycles. The quantitative estimate of drug-likeness (QED) is 0.802. The number of benzene rings is 1. The molecule has 0 fully saturated rings. The van der Waals surface area contributed by atoms with E-state index in [2.05, 4.69) is 10.4 Å². The normalized spacial score (nSPS) is 12.9. The summed E-state index contributed by atoms with van der Waals surface area (Å²) < 4.78 is 16.3. The molecule has 0 aromatic heterocycles. The first-order chi connectivity index (χ1) is 9.70. The fourth-order valence-electron chi connectivity index (χ4n) is 1.20. The molecule has 7 heteroatoms. The van der Waals surface area contributed by atoms with Gasteiger partial charge in [0.05, 0.1) is 0 Å². The molecule has 0 aliphatic rings. The number of hydrogen-bond donors (Lipinski definition) is 2. The molecule has 0 bridgehead atoms. The second kappa shape index (κ2) is 9.82. The first-order valence-corrected chi connectivity index (χ1v) is 9.27. The Bertz CT molecular complexity index is 478. The minimum absolute atomic E-state index is 0.125. The zero-order valence-corrected chi connectivity index (χ0v) is 14.8. The van der Waals surface area contributed by atoms with Crippen LogP contribution in [0.1, 0.15) is 32.8 Å². The predicted octanol–water partition coefficient (Wildman–Crippen LogP) is 3.86. The molecule has 1 unspecified atom stereocenters. The lowest BCUT2D eigenvalue weighted by molar-refractivity contribution is -0.121. The van der Waals surface area contributed by atoms with Gasteiger partial charge in [-0.15, -0.1) is 0 Å². The van der Waals surface area contributed by atoms with E-state index in [4.69, 9.17) is 15.8 Å². The third-order valence-corrected chi connectivity index (χ3v) is 3.98. The standard InChI is InChI=1S/C8H11ClNO2P.C6H13NO/c1-7-3-5-8(6-4-7)12-13(9,11)10-2;1-4-6(8)7-5(2)3/h3-6H,1-2H3,(H,10,11);5H,4H2,1-3H3,(H,7,8). The Morgan fingerprint density at radius 3 is 2.19 bits per heavy atom. The van der Waals surface area contributed by atoms with Gasteiger partial charge in [-0.2, -0.15) is 0 Å². The second-order valence-corrected chi connectivity index (χ2v) is 7.61. The molecule has 21 heavy (non-hydrogen) atoms. The third-order valence-electron chi connectivity index (χ3n) is 2.28. The van der Waals surface area contributed by atoms with Gasteiger partial charge in [0.15, 0.2) is 0 Å². The number of carbonyl (C=O) groups is 1. The smallest absolute Gasteiger partial charge is 0.408 e. The van der Waals surface area contributed by atoms with Crippen LogP contribution >= 0.6 is 18.1 Å². The van der Waals surface area contributed by atoms with E-state index in [1.165, 1.54) is 7.05 Å². The van der Waals surface area contributed by atoms with Gasteiger partial charge in [-0.25, -0.2) is 9.65 Å². The maximum absolute atomic E-state index is 11.3. The van der Waals surface area contributed by atoms with Gasteiger partial charge in [-0.05, 0) is 40.0 Å². The zero-order chi connectivity index (χ0) is 16.5. The minimum Gasteiger partial charge on any atom is -0.422 e. The van der Waals surface area contributed by atoms with Crippen molar-refractivity contribution in [3.05, 3.63) is 29.8 Å². The summed E-state index contributed by atoms with van der Waals surface area (Å²) in [5.74, 6) is 0.623. The van der Waals surface area contributed by atoms with Gasteiger partial charge in [0.2, 0.25) is 5.91 Å².